The van der Waals surface area contributed by atoms with Crippen molar-refractivity contribution in [1.82, 2.24) is 14.9 Å². The first kappa shape index (κ1) is 16.7. The van der Waals surface area contributed by atoms with Crippen molar-refractivity contribution in [3.05, 3.63) is 23.0 Å². The van der Waals surface area contributed by atoms with Crippen LogP contribution in [0.25, 0.3) is 11.0 Å². The second kappa shape index (κ2) is 7.17. The van der Waals surface area contributed by atoms with Crippen molar-refractivity contribution in [3.63, 3.8) is 0 Å². The average Bonchev–Trinajstić information content (AvgIpc) is 2.92. The maximum Gasteiger partial charge on any atom is 0.224 e. The van der Waals surface area contributed by atoms with E-state index in [1.807, 2.05) is 23.1 Å². The SMILES string of the molecule is CC(=O)N1CCC(CCC(=O)Nc2ccc3[nH]c(=S)[nH]c3c2)CC1. The molecule has 0 bridgehead atoms. The fraction of sp³-hybridized carbons (Fsp3) is 0.471. The van der Waals surface area contributed by atoms with Gasteiger partial charge in [-0.1, -0.05) is 0 Å². The third-order valence-corrected chi connectivity index (χ3v) is 4.84. The predicted molar refractivity (Wildman–Crippen MR) is 96.3 cm³/mol. The van der Waals surface area contributed by atoms with Crippen molar-refractivity contribution in [2.24, 2.45) is 5.92 Å². The molecule has 2 aromatic rings. The molecule has 1 aromatic carbocycles. The Morgan fingerprint density at radius 3 is 2.67 bits per heavy atom. The fourth-order valence-electron chi connectivity index (χ4n) is 3.21. The minimum atomic E-state index is 0.0254. The van der Waals surface area contributed by atoms with E-state index in [1.54, 1.807) is 6.92 Å². The van der Waals surface area contributed by atoms with Crippen LogP contribution in [0.5, 0.6) is 0 Å². The molecule has 0 spiro atoms. The first-order valence-electron chi connectivity index (χ1n) is 8.28. The standard InChI is InChI=1S/C17H22N4O2S/c1-11(22)21-8-6-12(7-9-21)2-5-16(23)18-13-3-4-14-15(10-13)20-17(24)19-14/h3-4,10,12H,2,5-9H2,1H3,(H,18,23)(H2,19,20,24). The summed E-state index contributed by atoms with van der Waals surface area (Å²) in [6, 6.07) is 5.64. The highest BCUT2D eigenvalue weighted by atomic mass is 32.1. The van der Waals surface area contributed by atoms with E-state index in [0.29, 0.717) is 17.1 Å². The summed E-state index contributed by atoms with van der Waals surface area (Å²) in [7, 11) is 0. The molecule has 1 saturated heterocycles. The fourth-order valence-corrected chi connectivity index (χ4v) is 3.43. The van der Waals surface area contributed by atoms with Gasteiger partial charge in [-0.05, 0) is 55.6 Å². The molecular formula is C17H22N4O2S. The molecule has 0 atom stereocenters. The van der Waals surface area contributed by atoms with E-state index in [-0.39, 0.29) is 11.8 Å². The van der Waals surface area contributed by atoms with Gasteiger partial charge in [-0.15, -0.1) is 0 Å². The number of imidazole rings is 1. The highest BCUT2D eigenvalue weighted by molar-refractivity contribution is 7.71. The summed E-state index contributed by atoms with van der Waals surface area (Å²) in [4.78, 5) is 31.4. The van der Waals surface area contributed by atoms with E-state index in [9.17, 15) is 9.59 Å². The number of carbonyl (C=O) groups is 2. The van der Waals surface area contributed by atoms with Gasteiger partial charge in [-0.25, -0.2) is 0 Å². The number of benzene rings is 1. The van der Waals surface area contributed by atoms with Gasteiger partial charge in [-0.3, -0.25) is 9.59 Å². The molecule has 3 rings (SSSR count). The second-order valence-electron chi connectivity index (χ2n) is 6.38. The maximum absolute atomic E-state index is 12.2. The van der Waals surface area contributed by atoms with Gasteiger partial charge in [0.05, 0.1) is 11.0 Å². The van der Waals surface area contributed by atoms with Crippen molar-refractivity contribution in [3.8, 4) is 0 Å². The van der Waals surface area contributed by atoms with Gasteiger partial charge in [0.15, 0.2) is 4.77 Å². The monoisotopic (exact) mass is 346 g/mol. The van der Waals surface area contributed by atoms with Crippen molar-refractivity contribution in [1.29, 1.82) is 0 Å². The van der Waals surface area contributed by atoms with E-state index >= 15 is 0 Å². The first-order chi connectivity index (χ1) is 11.5. The molecule has 1 aliphatic heterocycles. The normalized spacial score (nSPS) is 15.6. The molecule has 6 nitrogen and oxygen atoms in total. The number of aromatic nitrogens is 2. The van der Waals surface area contributed by atoms with Crippen LogP contribution in [0.15, 0.2) is 18.2 Å². The summed E-state index contributed by atoms with van der Waals surface area (Å²) in [5.41, 5.74) is 2.58. The zero-order chi connectivity index (χ0) is 17.1. The minimum absolute atomic E-state index is 0.0254. The molecule has 0 unspecified atom stereocenters. The summed E-state index contributed by atoms with van der Waals surface area (Å²) in [6.07, 6.45) is 3.34. The van der Waals surface area contributed by atoms with E-state index < -0.39 is 0 Å². The Hall–Kier alpha value is -2.15. The van der Waals surface area contributed by atoms with Crippen molar-refractivity contribution in [2.45, 2.75) is 32.6 Å². The van der Waals surface area contributed by atoms with Crippen LogP contribution < -0.4 is 5.32 Å². The second-order valence-corrected chi connectivity index (χ2v) is 6.78. The van der Waals surface area contributed by atoms with Crippen LogP contribution in [-0.4, -0.2) is 39.8 Å². The third-order valence-electron chi connectivity index (χ3n) is 4.64. The molecule has 2 amide bonds. The summed E-state index contributed by atoms with van der Waals surface area (Å²) in [6.45, 7) is 3.23. The van der Waals surface area contributed by atoms with Gasteiger partial charge in [0, 0.05) is 32.1 Å². The van der Waals surface area contributed by atoms with Crippen LogP contribution in [0, 0.1) is 10.7 Å². The van der Waals surface area contributed by atoms with Gasteiger partial charge >= 0.3 is 0 Å². The van der Waals surface area contributed by atoms with Crippen LogP contribution >= 0.6 is 12.2 Å². The zero-order valence-electron chi connectivity index (χ0n) is 13.7. The predicted octanol–water partition coefficient (Wildman–Crippen LogP) is 3.20. The van der Waals surface area contributed by atoms with Gasteiger partial charge in [0.2, 0.25) is 11.8 Å². The van der Waals surface area contributed by atoms with Gasteiger partial charge in [0.1, 0.15) is 0 Å². The van der Waals surface area contributed by atoms with Crippen molar-refractivity contribution in [2.75, 3.05) is 18.4 Å². The minimum Gasteiger partial charge on any atom is -0.343 e. The molecule has 3 N–H and O–H groups in total. The molecule has 0 radical (unpaired) electrons. The Labute approximate surface area is 145 Å². The number of rotatable bonds is 4. The molecule has 1 aliphatic rings. The molecule has 24 heavy (non-hydrogen) atoms. The van der Waals surface area contributed by atoms with Crippen molar-refractivity contribution < 1.29 is 9.59 Å². The van der Waals surface area contributed by atoms with Gasteiger partial charge in [-0.2, -0.15) is 0 Å². The number of aromatic amines is 2. The van der Waals surface area contributed by atoms with E-state index in [1.165, 1.54) is 0 Å². The first-order valence-corrected chi connectivity index (χ1v) is 8.69. The number of amides is 2. The number of H-pyrrole nitrogens is 2. The van der Waals surface area contributed by atoms with Gasteiger partial charge < -0.3 is 20.2 Å². The molecule has 7 heteroatoms. The highest BCUT2D eigenvalue weighted by Crippen LogP contribution is 2.22. The lowest BCUT2D eigenvalue weighted by Gasteiger charge is -2.31. The molecule has 0 aliphatic carbocycles. The highest BCUT2D eigenvalue weighted by Gasteiger charge is 2.21. The molecule has 0 saturated carbocycles. The van der Waals surface area contributed by atoms with Crippen LogP contribution in [0.2, 0.25) is 0 Å². The van der Waals surface area contributed by atoms with Crippen LogP contribution in [0.4, 0.5) is 5.69 Å². The molecule has 1 fully saturated rings. The number of likely N-dealkylation sites (tertiary alicyclic amines) is 1. The summed E-state index contributed by atoms with van der Waals surface area (Å²) in [5, 5.41) is 2.94. The molecule has 2 heterocycles. The van der Waals surface area contributed by atoms with Crippen LogP contribution in [0.3, 0.4) is 0 Å². The molecular weight excluding hydrogens is 324 g/mol. The lowest BCUT2D eigenvalue weighted by Crippen LogP contribution is -2.37. The van der Waals surface area contributed by atoms with Crippen LogP contribution in [0.1, 0.15) is 32.6 Å². The molecule has 128 valence electrons. The summed E-state index contributed by atoms with van der Waals surface area (Å²) >= 11 is 5.06. The average molecular weight is 346 g/mol. The van der Waals surface area contributed by atoms with Crippen molar-refractivity contribution >= 4 is 40.8 Å². The van der Waals surface area contributed by atoms with Crippen LogP contribution in [-0.2, 0) is 9.59 Å². The largest absolute Gasteiger partial charge is 0.343 e. The number of fused-ring (bicyclic) bond motifs is 1. The number of nitrogens with one attached hydrogen (secondary N) is 3. The smallest absolute Gasteiger partial charge is 0.224 e. The number of nitrogens with zero attached hydrogens (tertiary/aromatic N) is 1. The Bertz CT molecular complexity index is 802. The Morgan fingerprint density at radius 2 is 1.96 bits per heavy atom. The maximum atomic E-state index is 12.2. The zero-order valence-corrected chi connectivity index (χ0v) is 14.5. The number of piperidine rings is 1. The number of hydrogen-bond acceptors (Lipinski definition) is 3. The summed E-state index contributed by atoms with van der Waals surface area (Å²) < 4.78 is 0.574. The Balaban J connectivity index is 1.48. The van der Waals surface area contributed by atoms with E-state index in [2.05, 4.69) is 15.3 Å². The lowest BCUT2D eigenvalue weighted by molar-refractivity contribution is -0.130. The number of anilines is 1. The summed E-state index contributed by atoms with van der Waals surface area (Å²) in [5.74, 6) is 0.692. The lowest BCUT2D eigenvalue weighted by atomic mass is 9.92. The number of hydrogen-bond donors (Lipinski definition) is 3. The Morgan fingerprint density at radius 1 is 1.25 bits per heavy atom. The third kappa shape index (κ3) is 4.03. The quantitative estimate of drug-likeness (QED) is 0.744. The number of carbonyl (C=O) groups excluding carboxylic acids is 2. The van der Waals surface area contributed by atoms with E-state index in [4.69, 9.17) is 12.2 Å². The van der Waals surface area contributed by atoms with Gasteiger partial charge in [0.25, 0.3) is 0 Å². The Kier molecular flexibility index (Phi) is 4.99. The van der Waals surface area contributed by atoms with E-state index in [0.717, 1.165) is 49.1 Å². The topological polar surface area (TPSA) is 81.0 Å². The molecule has 1 aromatic heterocycles.